The van der Waals surface area contributed by atoms with Crippen LogP contribution in [0.15, 0.2) is 0 Å². The van der Waals surface area contributed by atoms with Gasteiger partial charge in [-0.1, -0.05) is 27.2 Å². The molecule has 0 saturated heterocycles. The van der Waals surface area contributed by atoms with E-state index < -0.39 is 54.1 Å². The second kappa shape index (κ2) is 14.6. The molecular weight excluding hydrogens is 406 g/mol. The van der Waals surface area contributed by atoms with E-state index in [1.54, 1.807) is 13.8 Å². The van der Waals surface area contributed by atoms with Crippen LogP contribution < -0.4 is 16.4 Å². The Hall–Kier alpha value is -2.33. The topological polar surface area (TPSA) is 176 Å². The molecule has 178 valence electrons. The lowest BCUT2D eigenvalue weighted by Crippen LogP contribution is -2.48. The lowest BCUT2D eigenvalue weighted by molar-refractivity contribution is -0.142. The minimum Gasteiger partial charge on any atom is -0.480 e. The van der Waals surface area contributed by atoms with Crippen molar-refractivity contribution in [3.8, 4) is 0 Å². The Bertz CT molecular complexity index is 636. The fourth-order valence-corrected chi connectivity index (χ4v) is 2.81. The number of hydrogen-bond donors (Lipinski definition) is 5. The predicted molar refractivity (Wildman–Crippen MR) is 114 cm³/mol. The van der Waals surface area contributed by atoms with Gasteiger partial charge < -0.3 is 26.6 Å². The molecule has 0 aromatic heterocycles. The van der Waals surface area contributed by atoms with Crippen molar-refractivity contribution in [2.24, 2.45) is 23.5 Å². The molecule has 31 heavy (non-hydrogen) atoms. The van der Waals surface area contributed by atoms with Gasteiger partial charge in [0.05, 0.1) is 6.61 Å². The Balaban J connectivity index is 5.03. The summed E-state index contributed by atoms with van der Waals surface area (Å²) in [6.45, 7) is 6.05. The first-order chi connectivity index (χ1) is 14.4. The number of aliphatic hydroxyl groups is 1. The van der Waals surface area contributed by atoms with Crippen molar-refractivity contribution in [1.29, 1.82) is 0 Å². The fraction of sp³-hybridized carbons (Fsp3) is 0.762. The molecule has 0 rings (SSSR count). The van der Waals surface area contributed by atoms with Crippen LogP contribution in [0, 0.1) is 17.8 Å². The molecule has 0 spiro atoms. The van der Waals surface area contributed by atoms with Crippen molar-refractivity contribution < 1.29 is 34.2 Å². The zero-order valence-electron chi connectivity index (χ0n) is 18.8. The van der Waals surface area contributed by atoms with Gasteiger partial charge in [0.2, 0.25) is 11.8 Å². The first-order valence-electron chi connectivity index (χ1n) is 10.6. The van der Waals surface area contributed by atoms with Crippen LogP contribution in [0.1, 0.15) is 59.8 Å². The zero-order chi connectivity index (χ0) is 24.1. The predicted octanol–water partition coefficient (Wildman–Crippen LogP) is 0.00850. The molecule has 0 aromatic carbocycles. The Morgan fingerprint density at radius 3 is 1.97 bits per heavy atom. The van der Waals surface area contributed by atoms with Gasteiger partial charge >= 0.3 is 5.97 Å². The van der Waals surface area contributed by atoms with Crippen LogP contribution in [0.25, 0.3) is 0 Å². The van der Waals surface area contributed by atoms with Crippen LogP contribution in [-0.4, -0.2) is 64.8 Å². The van der Waals surface area contributed by atoms with E-state index in [9.17, 15) is 29.1 Å². The average molecular weight is 444 g/mol. The molecular formula is C21H37N3O7. The fourth-order valence-electron chi connectivity index (χ4n) is 2.81. The average Bonchev–Trinajstić information content (AvgIpc) is 2.70. The highest BCUT2D eigenvalue weighted by Crippen LogP contribution is 2.17. The smallest absolute Gasteiger partial charge is 0.325 e. The number of carbonyl (C=O) groups is 5. The lowest BCUT2D eigenvalue weighted by Gasteiger charge is -2.22. The zero-order valence-corrected chi connectivity index (χ0v) is 18.8. The summed E-state index contributed by atoms with van der Waals surface area (Å²) in [7, 11) is 0. The van der Waals surface area contributed by atoms with Gasteiger partial charge in [0.25, 0.3) is 0 Å². The Kier molecular flexibility index (Phi) is 13.5. The van der Waals surface area contributed by atoms with Gasteiger partial charge in [-0.2, -0.15) is 0 Å². The third-order valence-corrected chi connectivity index (χ3v) is 5.04. The molecule has 10 heteroatoms. The first-order valence-corrected chi connectivity index (χ1v) is 10.6. The van der Waals surface area contributed by atoms with E-state index in [-0.39, 0.29) is 24.5 Å². The summed E-state index contributed by atoms with van der Waals surface area (Å²) in [6, 6.07) is -2.32. The third kappa shape index (κ3) is 11.0. The van der Waals surface area contributed by atoms with Gasteiger partial charge in [-0.3, -0.25) is 24.0 Å². The van der Waals surface area contributed by atoms with Gasteiger partial charge in [-0.25, -0.2) is 0 Å². The maximum Gasteiger partial charge on any atom is 0.325 e. The second-order valence-corrected chi connectivity index (χ2v) is 8.19. The number of amides is 2. The van der Waals surface area contributed by atoms with E-state index >= 15 is 0 Å². The molecule has 0 fully saturated rings. The van der Waals surface area contributed by atoms with Crippen LogP contribution in [0.5, 0.6) is 0 Å². The highest BCUT2D eigenvalue weighted by Gasteiger charge is 2.29. The minimum atomic E-state index is -1.22. The number of carboxylic acid groups (broad SMARTS) is 1. The molecule has 0 aliphatic heterocycles. The molecule has 0 aliphatic carbocycles. The Morgan fingerprint density at radius 2 is 1.48 bits per heavy atom. The normalized spacial score (nSPS) is 14.9. The summed E-state index contributed by atoms with van der Waals surface area (Å²) in [5.41, 5.74) is 5.49. The van der Waals surface area contributed by atoms with Gasteiger partial charge in [0.15, 0.2) is 5.78 Å². The van der Waals surface area contributed by atoms with Crippen LogP contribution >= 0.6 is 0 Å². The summed E-state index contributed by atoms with van der Waals surface area (Å²) < 4.78 is 0. The van der Waals surface area contributed by atoms with Crippen LogP contribution in [0.3, 0.4) is 0 Å². The largest absolute Gasteiger partial charge is 0.480 e. The standard InChI is InChI=1S/C21H37N3O7/c1-12(2)17(26)10-15(7-5-6-8-22)20(29)24-16(11-25)18(27)9-13(3)19(28)23-14(4)21(30)31/h12-16,25H,5-11,22H2,1-4H3,(H,23,28)(H,24,29)(H,30,31)/t13-,14+,15-,16+/m1/s1. The molecule has 0 radical (unpaired) electrons. The van der Waals surface area contributed by atoms with E-state index in [0.29, 0.717) is 25.8 Å². The number of unbranched alkanes of at least 4 members (excludes halogenated alkanes) is 1. The molecule has 0 aliphatic rings. The molecule has 0 bridgehead atoms. The van der Waals surface area contributed by atoms with Gasteiger partial charge in [0, 0.05) is 30.6 Å². The first kappa shape index (κ1) is 28.7. The molecule has 10 nitrogen and oxygen atoms in total. The van der Waals surface area contributed by atoms with Crippen LogP contribution in [-0.2, 0) is 24.0 Å². The highest BCUT2D eigenvalue weighted by atomic mass is 16.4. The van der Waals surface area contributed by atoms with Crippen molar-refractivity contribution in [1.82, 2.24) is 10.6 Å². The van der Waals surface area contributed by atoms with Crippen molar-refractivity contribution >= 4 is 29.4 Å². The number of Topliss-reactive ketones (excluding diaryl/α,β-unsaturated/α-hetero) is 2. The maximum atomic E-state index is 12.7. The van der Waals surface area contributed by atoms with E-state index in [0.717, 1.165) is 0 Å². The number of aliphatic hydroxyl groups excluding tert-OH is 1. The summed E-state index contributed by atoms with van der Waals surface area (Å²) in [5.74, 6) is -4.67. The summed E-state index contributed by atoms with van der Waals surface area (Å²) >= 11 is 0. The van der Waals surface area contributed by atoms with Gasteiger partial charge in [0.1, 0.15) is 17.9 Å². The molecule has 0 aromatic rings. The van der Waals surface area contributed by atoms with Crippen molar-refractivity contribution in [3.05, 3.63) is 0 Å². The Morgan fingerprint density at radius 1 is 0.871 bits per heavy atom. The maximum absolute atomic E-state index is 12.7. The number of ketones is 2. The number of carbonyl (C=O) groups excluding carboxylic acids is 4. The summed E-state index contributed by atoms with van der Waals surface area (Å²) in [4.78, 5) is 60.2. The number of carboxylic acids is 1. The quantitative estimate of drug-likeness (QED) is 0.207. The molecule has 4 atom stereocenters. The molecule has 6 N–H and O–H groups in total. The van der Waals surface area contributed by atoms with E-state index in [1.165, 1.54) is 13.8 Å². The van der Waals surface area contributed by atoms with Crippen molar-refractivity contribution in [2.45, 2.75) is 71.9 Å². The van der Waals surface area contributed by atoms with Crippen LogP contribution in [0.4, 0.5) is 0 Å². The van der Waals surface area contributed by atoms with Gasteiger partial charge in [-0.15, -0.1) is 0 Å². The monoisotopic (exact) mass is 443 g/mol. The lowest BCUT2D eigenvalue weighted by atomic mass is 9.91. The number of rotatable bonds is 16. The van der Waals surface area contributed by atoms with E-state index in [2.05, 4.69) is 10.6 Å². The summed E-state index contributed by atoms with van der Waals surface area (Å²) in [5, 5.41) is 23.2. The number of nitrogens with one attached hydrogen (secondary N) is 2. The minimum absolute atomic E-state index is 0.0340. The van der Waals surface area contributed by atoms with Crippen molar-refractivity contribution in [3.63, 3.8) is 0 Å². The van der Waals surface area contributed by atoms with Gasteiger partial charge in [-0.05, 0) is 26.3 Å². The van der Waals surface area contributed by atoms with Crippen LogP contribution in [0.2, 0.25) is 0 Å². The highest BCUT2D eigenvalue weighted by molar-refractivity contribution is 5.94. The van der Waals surface area contributed by atoms with Crippen molar-refractivity contribution in [2.75, 3.05) is 13.2 Å². The Labute approximate surface area is 183 Å². The SMILES string of the molecule is CC(C)C(=O)C[C@@H](CCCCN)C(=O)N[C@@H](CO)C(=O)C[C@@H](C)C(=O)N[C@@H](C)C(=O)O. The van der Waals surface area contributed by atoms with E-state index in [4.69, 9.17) is 10.8 Å². The molecule has 0 unspecified atom stereocenters. The third-order valence-electron chi connectivity index (χ3n) is 5.04. The number of hydrogen-bond acceptors (Lipinski definition) is 7. The number of nitrogens with two attached hydrogens (primary N) is 1. The van der Waals surface area contributed by atoms with E-state index in [1.807, 2.05) is 0 Å². The number of aliphatic carboxylic acids is 1. The second-order valence-electron chi connectivity index (χ2n) is 8.19. The summed E-state index contributed by atoms with van der Waals surface area (Å²) in [6.07, 6.45) is 1.53. The molecule has 0 heterocycles. The molecule has 2 amide bonds. The molecule has 0 saturated carbocycles.